The number of amides is 1. The maximum Gasteiger partial charge on any atom is 0.416 e. The third kappa shape index (κ3) is 6.30. The Morgan fingerprint density at radius 1 is 1.11 bits per heavy atom. The quantitative estimate of drug-likeness (QED) is 0.502. The monoisotopic (exact) mass is 522 g/mol. The molecule has 2 aliphatic rings. The standard InChI is InChI=1S/C26H35F3N4O2.C2H6/c1-17-16-32(12-9-21(17)15-20-5-7-22(8-6-20)26(27,28)29)25(4)10-13-31(14-11-25)24(34)23-18(2)30-33(35)19(23)3;1-2/h5-8,17,21,35H,9-16H2,1-4H3;1-2H3/t17-,21?;/m0./s1. The predicted molar refractivity (Wildman–Crippen MR) is 138 cm³/mol. The molecule has 2 aromatic rings. The van der Waals surface area contributed by atoms with Gasteiger partial charge in [-0.25, -0.2) is 0 Å². The van der Waals surface area contributed by atoms with Crippen LogP contribution in [0.1, 0.15) is 79.8 Å². The molecule has 2 saturated heterocycles. The predicted octanol–water partition coefficient (Wildman–Crippen LogP) is 5.98. The highest BCUT2D eigenvalue weighted by Gasteiger charge is 2.41. The summed E-state index contributed by atoms with van der Waals surface area (Å²) in [7, 11) is 0. The first-order valence-electron chi connectivity index (χ1n) is 13.3. The summed E-state index contributed by atoms with van der Waals surface area (Å²) in [6.45, 7) is 15.2. The molecule has 4 rings (SSSR count). The van der Waals surface area contributed by atoms with E-state index in [1.165, 1.54) is 12.1 Å². The van der Waals surface area contributed by atoms with Gasteiger partial charge in [0.25, 0.3) is 5.91 Å². The zero-order chi connectivity index (χ0) is 27.5. The Bertz CT molecular complexity index is 1060. The highest BCUT2D eigenvalue weighted by Crippen LogP contribution is 2.36. The zero-order valence-electron chi connectivity index (χ0n) is 22.9. The maximum absolute atomic E-state index is 13.1. The van der Waals surface area contributed by atoms with Crippen molar-refractivity contribution in [3.05, 3.63) is 52.3 Å². The summed E-state index contributed by atoms with van der Waals surface area (Å²) >= 11 is 0. The Hall–Kier alpha value is -2.55. The normalized spacial score (nSPS) is 22.4. The van der Waals surface area contributed by atoms with Crippen LogP contribution in [0.25, 0.3) is 0 Å². The number of alkyl halides is 3. The van der Waals surface area contributed by atoms with Crippen molar-refractivity contribution in [1.82, 2.24) is 19.7 Å². The number of carbonyl (C=O) groups excluding carboxylic acids is 1. The largest absolute Gasteiger partial charge is 0.416 e. The van der Waals surface area contributed by atoms with E-state index in [1.807, 2.05) is 18.7 Å². The van der Waals surface area contributed by atoms with Gasteiger partial charge in [0.05, 0.1) is 22.5 Å². The molecule has 37 heavy (non-hydrogen) atoms. The van der Waals surface area contributed by atoms with Crippen LogP contribution in [0.5, 0.6) is 0 Å². The summed E-state index contributed by atoms with van der Waals surface area (Å²) in [4.78, 5) is 18.3. The van der Waals surface area contributed by atoms with Gasteiger partial charge in [-0.3, -0.25) is 9.69 Å². The summed E-state index contributed by atoms with van der Waals surface area (Å²) in [5.74, 6) is 0.795. The fourth-order valence-electron chi connectivity index (χ4n) is 5.72. The molecule has 2 aliphatic heterocycles. The molecule has 0 radical (unpaired) electrons. The summed E-state index contributed by atoms with van der Waals surface area (Å²) < 4.78 is 38.5. The molecule has 2 atom stereocenters. The van der Waals surface area contributed by atoms with Crippen molar-refractivity contribution >= 4 is 5.91 Å². The van der Waals surface area contributed by atoms with Crippen LogP contribution < -0.4 is 0 Å². The minimum Gasteiger partial charge on any atom is -0.411 e. The third-order valence-electron chi connectivity index (χ3n) is 8.24. The van der Waals surface area contributed by atoms with Crippen LogP contribution in [0.3, 0.4) is 0 Å². The number of nitrogens with zero attached hydrogens (tertiary/aromatic N) is 4. The van der Waals surface area contributed by atoms with E-state index in [2.05, 4.69) is 23.8 Å². The van der Waals surface area contributed by atoms with E-state index in [0.29, 0.717) is 41.9 Å². The van der Waals surface area contributed by atoms with Crippen molar-refractivity contribution < 1.29 is 23.2 Å². The molecular formula is C28H41F3N4O2. The number of halogens is 3. The first-order chi connectivity index (χ1) is 17.4. The molecule has 0 spiro atoms. The third-order valence-corrected chi connectivity index (χ3v) is 8.24. The molecule has 1 unspecified atom stereocenters. The fraction of sp³-hybridized carbons (Fsp3) is 0.643. The van der Waals surface area contributed by atoms with E-state index < -0.39 is 11.7 Å². The van der Waals surface area contributed by atoms with E-state index in [1.54, 1.807) is 26.0 Å². The molecule has 9 heteroatoms. The molecule has 2 fully saturated rings. The minimum absolute atomic E-state index is 0.00954. The molecule has 206 valence electrons. The van der Waals surface area contributed by atoms with Crippen LogP contribution in [0.15, 0.2) is 24.3 Å². The van der Waals surface area contributed by atoms with Gasteiger partial charge < -0.3 is 10.1 Å². The molecule has 0 aliphatic carbocycles. The average molecular weight is 523 g/mol. The van der Waals surface area contributed by atoms with Crippen LogP contribution in [-0.2, 0) is 12.6 Å². The molecule has 0 bridgehead atoms. The number of likely N-dealkylation sites (tertiary alicyclic amines) is 2. The summed E-state index contributed by atoms with van der Waals surface area (Å²) in [6, 6.07) is 5.58. The lowest BCUT2D eigenvalue weighted by Crippen LogP contribution is -2.58. The van der Waals surface area contributed by atoms with E-state index >= 15 is 0 Å². The summed E-state index contributed by atoms with van der Waals surface area (Å²) in [6.07, 6.45) is -0.746. The average Bonchev–Trinajstić information content (AvgIpc) is 3.12. The molecule has 1 aromatic heterocycles. The van der Waals surface area contributed by atoms with Crippen LogP contribution in [0, 0.1) is 25.7 Å². The number of hydrogen-bond donors (Lipinski definition) is 1. The molecule has 3 heterocycles. The second-order valence-electron chi connectivity index (χ2n) is 10.6. The van der Waals surface area contributed by atoms with Crippen molar-refractivity contribution in [2.75, 3.05) is 26.2 Å². The molecule has 1 amide bonds. The van der Waals surface area contributed by atoms with Crippen molar-refractivity contribution in [2.45, 2.75) is 78.9 Å². The number of carbonyl (C=O) groups is 1. The molecular weight excluding hydrogens is 481 g/mol. The lowest BCUT2D eigenvalue weighted by atomic mass is 9.78. The van der Waals surface area contributed by atoms with Gasteiger partial charge in [0, 0.05) is 25.2 Å². The van der Waals surface area contributed by atoms with Crippen LogP contribution in [0.2, 0.25) is 0 Å². The van der Waals surface area contributed by atoms with Gasteiger partial charge in [0.1, 0.15) is 0 Å². The Kier molecular flexibility index (Phi) is 8.98. The summed E-state index contributed by atoms with van der Waals surface area (Å²) in [5.41, 5.74) is 1.84. The smallest absolute Gasteiger partial charge is 0.411 e. The molecule has 1 N–H and O–H groups in total. The number of aryl methyl sites for hydroxylation is 1. The van der Waals surface area contributed by atoms with Gasteiger partial charge >= 0.3 is 6.18 Å². The number of piperidine rings is 2. The van der Waals surface area contributed by atoms with E-state index in [9.17, 15) is 23.2 Å². The number of rotatable bonds is 4. The van der Waals surface area contributed by atoms with Crippen molar-refractivity contribution in [1.29, 1.82) is 0 Å². The SMILES string of the molecule is CC.Cc1nn(O)c(C)c1C(=O)N1CCC(C)(N2CCC(Cc3ccc(C(F)(F)F)cc3)[C@@H](C)C2)CC1. The Morgan fingerprint density at radius 2 is 1.70 bits per heavy atom. The lowest BCUT2D eigenvalue weighted by Gasteiger charge is -2.51. The highest BCUT2D eigenvalue weighted by atomic mass is 19.4. The Labute approximate surface area is 218 Å². The van der Waals surface area contributed by atoms with Crippen LogP contribution in [0.4, 0.5) is 13.2 Å². The minimum atomic E-state index is -4.30. The number of hydrogen-bond acceptors (Lipinski definition) is 4. The second-order valence-corrected chi connectivity index (χ2v) is 10.6. The fourth-order valence-corrected chi connectivity index (χ4v) is 5.72. The highest BCUT2D eigenvalue weighted by molar-refractivity contribution is 5.96. The Morgan fingerprint density at radius 3 is 2.19 bits per heavy atom. The van der Waals surface area contributed by atoms with Gasteiger partial charge in [0.2, 0.25) is 0 Å². The van der Waals surface area contributed by atoms with E-state index in [-0.39, 0.29) is 11.4 Å². The maximum atomic E-state index is 13.1. The molecule has 0 saturated carbocycles. The van der Waals surface area contributed by atoms with Gasteiger partial charge in [-0.1, -0.05) is 32.9 Å². The van der Waals surface area contributed by atoms with Gasteiger partial charge in [-0.2, -0.15) is 13.2 Å². The van der Waals surface area contributed by atoms with E-state index in [4.69, 9.17) is 0 Å². The summed E-state index contributed by atoms with van der Waals surface area (Å²) in [5, 5.41) is 13.7. The topological polar surface area (TPSA) is 61.6 Å². The van der Waals surface area contributed by atoms with Crippen molar-refractivity contribution in [2.24, 2.45) is 11.8 Å². The number of aromatic nitrogens is 2. The van der Waals surface area contributed by atoms with Gasteiger partial charge in [0.15, 0.2) is 0 Å². The van der Waals surface area contributed by atoms with Gasteiger partial charge in [-0.15, -0.1) is 9.94 Å². The first kappa shape index (κ1) is 29.0. The first-order valence-corrected chi connectivity index (χ1v) is 13.3. The molecule has 1 aromatic carbocycles. The van der Waals surface area contributed by atoms with Crippen molar-refractivity contribution in [3.63, 3.8) is 0 Å². The number of benzene rings is 1. The molecule has 6 nitrogen and oxygen atoms in total. The van der Waals surface area contributed by atoms with Crippen LogP contribution in [-0.4, -0.2) is 62.6 Å². The zero-order valence-corrected chi connectivity index (χ0v) is 22.9. The second kappa shape index (κ2) is 11.5. The van der Waals surface area contributed by atoms with Crippen LogP contribution >= 0.6 is 0 Å². The van der Waals surface area contributed by atoms with Gasteiger partial charge in [-0.05, 0) is 82.5 Å². The van der Waals surface area contributed by atoms with Crippen molar-refractivity contribution in [3.8, 4) is 0 Å². The van der Waals surface area contributed by atoms with E-state index in [0.717, 1.165) is 49.2 Å². The Balaban J connectivity index is 0.00000186. The lowest BCUT2D eigenvalue weighted by molar-refractivity contribution is -0.137.